The van der Waals surface area contributed by atoms with Gasteiger partial charge in [0.05, 0.1) is 0 Å². The molecule has 226 valence electrons. The van der Waals surface area contributed by atoms with E-state index in [1.54, 1.807) is 0 Å². The maximum Gasteiger partial charge on any atom is 0.0317 e. The van der Waals surface area contributed by atoms with E-state index in [-0.39, 0.29) is 21.7 Å². The van der Waals surface area contributed by atoms with Gasteiger partial charge in [-0.3, -0.25) is 0 Å². The van der Waals surface area contributed by atoms with Gasteiger partial charge in [-0.1, -0.05) is 156 Å². The second kappa shape index (κ2) is 13.2. The molecule has 2 N–H and O–H groups in total. The summed E-state index contributed by atoms with van der Waals surface area (Å²) in [6, 6.07) is 13.5. The summed E-state index contributed by atoms with van der Waals surface area (Å²) in [5.74, 6) is 0. The first-order valence-electron chi connectivity index (χ1n) is 16.1. The van der Waals surface area contributed by atoms with Gasteiger partial charge in [0.1, 0.15) is 0 Å². The SMILES string of the molecule is C=CC1=C(/C=C2\Cc3ccc(N)cc3C(C)(C)C2(C)C)c2ccc(C)cc2C(C)(C)CC1(C)C.CC.CCCCC. The molecule has 0 aliphatic heterocycles. The van der Waals surface area contributed by atoms with Gasteiger partial charge in [-0.2, -0.15) is 0 Å². The number of unbranched alkanes of at least 4 members (excludes halogenated alkanes) is 2. The standard InChI is InChI=1S/C33H43N.C5H12.C2H6/c1-11-27-26(25-15-12-21(2)16-29(25)31(5,6)20-30(27,3)4)18-23-17-22-13-14-24(34)19-28(22)33(9,10)32(23,7)8;1-3-5-4-2;1-2/h11-16,18-19H,1,17,20,34H2,2-10H3;3-5H2,1-2H3;1-2H3/b23-18+;;. The van der Waals surface area contributed by atoms with Crippen LogP contribution < -0.4 is 5.73 Å². The molecule has 41 heavy (non-hydrogen) atoms. The predicted octanol–water partition coefficient (Wildman–Crippen LogP) is 11.9. The lowest BCUT2D eigenvalue weighted by Crippen LogP contribution is -2.43. The summed E-state index contributed by atoms with van der Waals surface area (Å²) >= 11 is 0. The van der Waals surface area contributed by atoms with Crippen molar-refractivity contribution in [2.24, 2.45) is 10.8 Å². The molecule has 0 heterocycles. The highest BCUT2D eigenvalue weighted by atomic mass is 14.6. The van der Waals surface area contributed by atoms with Gasteiger partial charge in [0.2, 0.25) is 0 Å². The number of allylic oxidation sites excluding steroid dienone is 5. The Hall–Kier alpha value is -2.54. The second-order valence-corrected chi connectivity index (χ2v) is 14.4. The molecule has 1 nitrogen and oxygen atoms in total. The number of nitrogens with two attached hydrogens (primary N) is 1. The van der Waals surface area contributed by atoms with Gasteiger partial charge in [-0.15, -0.1) is 0 Å². The van der Waals surface area contributed by atoms with E-state index in [1.807, 2.05) is 13.8 Å². The van der Waals surface area contributed by atoms with E-state index in [4.69, 9.17) is 5.73 Å². The fourth-order valence-corrected chi connectivity index (χ4v) is 7.05. The van der Waals surface area contributed by atoms with Crippen LogP contribution in [0.2, 0.25) is 0 Å². The number of benzene rings is 2. The quantitative estimate of drug-likeness (QED) is 0.373. The molecular weight excluding hydrogens is 494 g/mol. The first kappa shape index (κ1) is 34.7. The van der Waals surface area contributed by atoms with Gasteiger partial charge in [0.15, 0.2) is 0 Å². The van der Waals surface area contributed by atoms with Crippen molar-refractivity contribution < 1.29 is 0 Å². The highest BCUT2D eigenvalue weighted by molar-refractivity contribution is 5.83. The zero-order valence-corrected chi connectivity index (χ0v) is 28.9. The molecule has 0 amide bonds. The average molecular weight is 556 g/mol. The van der Waals surface area contributed by atoms with Crippen LogP contribution in [0.5, 0.6) is 0 Å². The highest BCUT2D eigenvalue weighted by Gasteiger charge is 2.46. The van der Waals surface area contributed by atoms with Crippen molar-refractivity contribution in [3.8, 4) is 0 Å². The first-order chi connectivity index (χ1) is 19.0. The van der Waals surface area contributed by atoms with E-state index in [0.29, 0.717) is 0 Å². The van der Waals surface area contributed by atoms with Crippen LogP contribution in [-0.2, 0) is 17.3 Å². The molecule has 0 saturated carbocycles. The van der Waals surface area contributed by atoms with Crippen LogP contribution >= 0.6 is 0 Å². The molecule has 0 atom stereocenters. The Labute approximate surface area is 254 Å². The average Bonchev–Trinajstić information content (AvgIpc) is 2.94. The van der Waals surface area contributed by atoms with Gasteiger partial charge in [0.25, 0.3) is 0 Å². The monoisotopic (exact) mass is 555 g/mol. The predicted molar refractivity (Wildman–Crippen MR) is 186 cm³/mol. The summed E-state index contributed by atoms with van der Waals surface area (Å²) in [7, 11) is 0. The van der Waals surface area contributed by atoms with Crippen LogP contribution in [0.3, 0.4) is 0 Å². The third-order valence-electron chi connectivity index (χ3n) is 9.88. The number of aryl methyl sites for hydroxylation is 1. The number of nitrogen functional groups attached to an aromatic ring is 1. The smallest absolute Gasteiger partial charge is 0.0317 e. The maximum absolute atomic E-state index is 6.22. The molecule has 0 spiro atoms. The molecule has 2 aliphatic rings. The lowest BCUT2D eigenvalue weighted by Gasteiger charge is -2.49. The van der Waals surface area contributed by atoms with Crippen LogP contribution in [0.15, 0.2) is 66.3 Å². The van der Waals surface area contributed by atoms with E-state index in [9.17, 15) is 0 Å². The van der Waals surface area contributed by atoms with E-state index in [0.717, 1.165) is 18.5 Å². The van der Waals surface area contributed by atoms with Crippen molar-refractivity contribution >= 4 is 11.3 Å². The van der Waals surface area contributed by atoms with Gasteiger partial charge in [-0.25, -0.2) is 0 Å². The Kier molecular flexibility index (Phi) is 11.1. The van der Waals surface area contributed by atoms with Crippen LogP contribution in [0.25, 0.3) is 5.57 Å². The highest BCUT2D eigenvalue weighted by Crippen LogP contribution is 2.55. The molecule has 0 aromatic heterocycles. The van der Waals surface area contributed by atoms with E-state index >= 15 is 0 Å². The number of rotatable bonds is 4. The molecule has 0 unspecified atom stereocenters. The van der Waals surface area contributed by atoms with Crippen molar-refractivity contribution in [1.82, 2.24) is 0 Å². The van der Waals surface area contributed by atoms with Crippen molar-refractivity contribution in [2.75, 3.05) is 5.73 Å². The molecule has 0 fully saturated rings. The molecule has 4 rings (SSSR count). The van der Waals surface area contributed by atoms with Crippen molar-refractivity contribution in [2.45, 2.75) is 133 Å². The van der Waals surface area contributed by atoms with Crippen LogP contribution in [0, 0.1) is 17.8 Å². The second-order valence-electron chi connectivity index (χ2n) is 14.4. The lowest BCUT2D eigenvalue weighted by atomic mass is 9.55. The minimum atomic E-state index is -0.0354. The van der Waals surface area contributed by atoms with E-state index in [1.165, 1.54) is 63.8 Å². The number of hydrogen-bond donors (Lipinski definition) is 1. The van der Waals surface area contributed by atoms with E-state index < -0.39 is 0 Å². The van der Waals surface area contributed by atoms with Crippen LogP contribution in [0.4, 0.5) is 5.69 Å². The van der Waals surface area contributed by atoms with Crippen molar-refractivity contribution in [3.63, 3.8) is 0 Å². The molecule has 2 aromatic carbocycles. The summed E-state index contributed by atoms with van der Waals surface area (Å²) in [6.45, 7) is 34.1. The topological polar surface area (TPSA) is 26.0 Å². The van der Waals surface area contributed by atoms with Crippen LogP contribution in [-0.4, -0.2) is 0 Å². The van der Waals surface area contributed by atoms with Gasteiger partial charge < -0.3 is 5.73 Å². The van der Waals surface area contributed by atoms with Gasteiger partial charge in [0, 0.05) is 5.69 Å². The lowest BCUT2D eigenvalue weighted by molar-refractivity contribution is 0.231. The van der Waals surface area contributed by atoms with Gasteiger partial charge in [-0.05, 0) is 87.0 Å². The Balaban J connectivity index is 0.000000759. The number of anilines is 1. The first-order valence-corrected chi connectivity index (χ1v) is 16.1. The third kappa shape index (κ3) is 6.93. The zero-order valence-electron chi connectivity index (χ0n) is 28.9. The molecule has 0 saturated heterocycles. The minimum absolute atomic E-state index is 0.0191. The summed E-state index contributed by atoms with van der Waals surface area (Å²) in [4.78, 5) is 0. The molecule has 0 radical (unpaired) electrons. The molecule has 0 bridgehead atoms. The molecular formula is C40H61N. The Morgan fingerprint density at radius 1 is 0.805 bits per heavy atom. The summed E-state index contributed by atoms with van der Waals surface area (Å²) < 4.78 is 0. The Morgan fingerprint density at radius 2 is 1.41 bits per heavy atom. The third-order valence-corrected chi connectivity index (χ3v) is 9.88. The van der Waals surface area contributed by atoms with Crippen molar-refractivity contribution in [3.05, 3.63) is 94.1 Å². The maximum atomic E-state index is 6.22. The summed E-state index contributed by atoms with van der Waals surface area (Å²) in [6.07, 6.45) is 10.8. The fraction of sp³-hybridized carbons (Fsp3) is 0.550. The Bertz CT molecular complexity index is 1270. The molecule has 2 aliphatic carbocycles. The number of fused-ring (bicyclic) bond motifs is 2. The largest absolute Gasteiger partial charge is 0.399 e. The Morgan fingerprint density at radius 3 is 1.95 bits per heavy atom. The summed E-state index contributed by atoms with van der Waals surface area (Å²) in [5.41, 5.74) is 18.2. The number of hydrogen-bond acceptors (Lipinski definition) is 1. The minimum Gasteiger partial charge on any atom is -0.399 e. The summed E-state index contributed by atoms with van der Waals surface area (Å²) in [5, 5.41) is 0. The van der Waals surface area contributed by atoms with E-state index in [2.05, 4.69) is 131 Å². The normalized spacial score (nSPS) is 20.4. The molecule has 2 aromatic rings. The fourth-order valence-electron chi connectivity index (χ4n) is 7.05. The zero-order chi connectivity index (χ0) is 31.4. The molecule has 1 heteroatoms. The van der Waals surface area contributed by atoms with Crippen molar-refractivity contribution in [1.29, 1.82) is 0 Å². The van der Waals surface area contributed by atoms with Crippen LogP contribution in [0.1, 0.15) is 137 Å². The van der Waals surface area contributed by atoms with Gasteiger partial charge >= 0.3 is 0 Å².